The molecule has 1 heterocycles. The Morgan fingerprint density at radius 1 is 1.19 bits per heavy atom. The first-order valence-corrected chi connectivity index (χ1v) is 10.1. The van der Waals surface area contributed by atoms with E-state index in [0.29, 0.717) is 35.1 Å². The smallest absolute Gasteiger partial charge is 0.277 e. The molecule has 7 nitrogen and oxygen atoms in total. The third kappa shape index (κ3) is 5.63. The zero-order valence-corrected chi connectivity index (χ0v) is 16.5. The molecule has 0 radical (unpaired) electrons. The zero-order chi connectivity index (χ0) is 19.1. The highest BCUT2D eigenvalue weighted by molar-refractivity contribution is 7.99. The Bertz CT molecular complexity index is 759. The summed E-state index contributed by atoms with van der Waals surface area (Å²) in [7, 11) is 3.20. The normalized spacial score (nSPS) is 14.7. The molecule has 0 spiro atoms. The SMILES string of the molecule is COc1ccc(Cc2nnc(SCC(=O)NC3CCCCC3)o2)cc1OC. The number of rotatable bonds is 8. The minimum absolute atomic E-state index is 0.0199. The molecule has 27 heavy (non-hydrogen) atoms. The van der Waals surface area contributed by atoms with E-state index in [4.69, 9.17) is 13.9 Å². The summed E-state index contributed by atoms with van der Waals surface area (Å²) >= 11 is 1.27. The first-order chi connectivity index (χ1) is 13.2. The fourth-order valence-electron chi connectivity index (χ4n) is 3.18. The molecule has 0 saturated heterocycles. The highest BCUT2D eigenvalue weighted by atomic mass is 32.2. The number of thioether (sulfide) groups is 1. The van der Waals surface area contributed by atoms with Crippen LogP contribution in [0.25, 0.3) is 0 Å². The first-order valence-electron chi connectivity index (χ1n) is 9.13. The number of carbonyl (C=O) groups excluding carboxylic acids is 1. The van der Waals surface area contributed by atoms with Crippen molar-refractivity contribution in [1.29, 1.82) is 0 Å². The number of hydrogen-bond donors (Lipinski definition) is 1. The van der Waals surface area contributed by atoms with Crippen LogP contribution >= 0.6 is 11.8 Å². The van der Waals surface area contributed by atoms with E-state index in [1.165, 1.54) is 31.0 Å². The van der Waals surface area contributed by atoms with E-state index in [1.807, 2.05) is 18.2 Å². The van der Waals surface area contributed by atoms with Gasteiger partial charge in [-0.25, -0.2) is 0 Å². The van der Waals surface area contributed by atoms with E-state index in [9.17, 15) is 4.79 Å². The second-order valence-corrected chi connectivity index (χ2v) is 7.45. The predicted octanol–water partition coefficient (Wildman–Crippen LogP) is 3.22. The predicted molar refractivity (Wildman–Crippen MR) is 102 cm³/mol. The summed E-state index contributed by atoms with van der Waals surface area (Å²) in [5.74, 6) is 2.13. The van der Waals surface area contributed by atoms with E-state index in [1.54, 1.807) is 14.2 Å². The lowest BCUT2D eigenvalue weighted by Crippen LogP contribution is -2.37. The van der Waals surface area contributed by atoms with Crippen molar-refractivity contribution >= 4 is 17.7 Å². The maximum Gasteiger partial charge on any atom is 0.277 e. The lowest BCUT2D eigenvalue weighted by Gasteiger charge is -2.22. The number of nitrogens with one attached hydrogen (secondary N) is 1. The molecule has 8 heteroatoms. The second-order valence-electron chi connectivity index (χ2n) is 6.52. The molecule has 1 aromatic heterocycles. The fourth-order valence-corrected chi connectivity index (χ4v) is 3.77. The van der Waals surface area contributed by atoms with Crippen LogP contribution in [-0.2, 0) is 11.2 Å². The minimum Gasteiger partial charge on any atom is -0.493 e. The van der Waals surface area contributed by atoms with Gasteiger partial charge >= 0.3 is 0 Å². The Morgan fingerprint density at radius 2 is 1.96 bits per heavy atom. The highest BCUT2D eigenvalue weighted by Gasteiger charge is 2.17. The molecule has 0 aliphatic heterocycles. The number of amides is 1. The summed E-state index contributed by atoms with van der Waals surface area (Å²) in [5.41, 5.74) is 0.975. The second kappa shape index (κ2) is 9.64. The Kier molecular flexibility index (Phi) is 6.98. The molecule has 1 N–H and O–H groups in total. The number of ether oxygens (including phenoxy) is 2. The van der Waals surface area contributed by atoms with Crippen molar-refractivity contribution in [3.63, 3.8) is 0 Å². The van der Waals surface area contributed by atoms with Gasteiger partial charge in [0, 0.05) is 6.04 Å². The van der Waals surface area contributed by atoms with E-state index in [0.717, 1.165) is 18.4 Å². The standard InChI is InChI=1S/C19H25N3O4S/c1-24-15-9-8-13(10-16(15)25-2)11-18-21-22-19(26-18)27-12-17(23)20-14-6-4-3-5-7-14/h8-10,14H,3-7,11-12H2,1-2H3,(H,20,23). The molecule has 1 aliphatic rings. The molecule has 0 atom stereocenters. The van der Waals surface area contributed by atoms with Crippen LogP contribution in [0.2, 0.25) is 0 Å². The zero-order valence-electron chi connectivity index (χ0n) is 15.7. The molecule has 1 amide bonds. The van der Waals surface area contributed by atoms with Crippen LogP contribution in [-0.4, -0.2) is 42.1 Å². The van der Waals surface area contributed by atoms with Crippen molar-refractivity contribution < 1.29 is 18.7 Å². The molecule has 1 aromatic carbocycles. The van der Waals surface area contributed by atoms with Crippen LogP contribution in [0.4, 0.5) is 0 Å². The van der Waals surface area contributed by atoms with E-state index >= 15 is 0 Å². The molecular formula is C19H25N3O4S. The summed E-state index contributed by atoms with van der Waals surface area (Å²) in [4.78, 5) is 12.1. The summed E-state index contributed by atoms with van der Waals surface area (Å²) < 4.78 is 16.2. The summed E-state index contributed by atoms with van der Waals surface area (Å²) in [6.07, 6.45) is 6.30. The average Bonchev–Trinajstić information content (AvgIpc) is 3.14. The molecule has 0 bridgehead atoms. The van der Waals surface area contributed by atoms with Gasteiger partial charge in [-0.3, -0.25) is 4.79 Å². The average molecular weight is 391 g/mol. The lowest BCUT2D eigenvalue weighted by atomic mass is 9.95. The fraction of sp³-hybridized carbons (Fsp3) is 0.526. The molecule has 1 aliphatic carbocycles. The van der Waals surface area contributed by atoms with Gasteiger partial charge in [0.15, 0.2) is 11.5 Å². The van der Waals surface area contributed by atoms with Crippen LogP contribution in [0, 0.1) is 0 Å². The van der Waals surface area contributed by atoms with Crippen molar-refractivity contribution in [2.75, 3.05) is 20.0 Å². The van der Waals surface area contributed by atoms with Crippen LogP contribution < -0.4 is 14.8 Å². The largest absolute Gasteiger partial charge is 0.493 e. The van der Waals surface area contributed by atoms with Gasteiger partial charge in [-0.05, 0) is 30.5 Å². The Morgan fingerprint density at radius 3 is 2.70 bits per heavy atom. The number of benzene rings is 1. The van der Waals surface area contributed by atoms with E-state index < -0.39 is 0 Å². The third-order valence-electron chi connectivity index (χ3n) is 4.55. The number of carbonyl (C=O) groups is 1. The van der Waals surface area contributed by atoms with Crippen molar-refractivity contribution in [3.8, 4) is 11.5 Å². The van der Waals surface area contributed by atoms with Crippen molar-refractivity contribution in [3.05, 3.63) is 29.7 Å². The molecule has 2 aromatic rings. The topological polar surface area (TPSA) is 86.5 Å². The summed E-state index contributed by atoms with van der Waals surface area (Å²) in [5, 5.41) is 11.6. The molecular weight excluding hydrogens is 366 g/mol. The maximum atomic E-state index is 12.1. The number of methoxy groups -OCH3 is 2. The Labute approximate surface area is 163 Å². The minimum atomic E-state index is 0.0199. The Hall–Kier alpha value is -2.22. The number of hydrogen-bond acceptors (Lipinski definition) is 7. The van der Waals surface area contributed by atoms with Gasteiger partial charge in [-0.2, -0.15) is 0 Å². The van der Waals surface area contributed by atoms with Gasteiger partial charge in [-0.15, -0.1) is 10.2 Å². The monoisotopic (exact) mass is 391 g/mol. The van der Waals surface area contributed by atoms with Gasteiger partial charge in [0.1, 0.15) is 0 Å². The van der Waals surface area contributed by atoms with Crippen LogP contribution in [0.1, 0.15) is 43.6 Å². The number of aromatic nitrogens is 2. The summed E-state index contributed by atoms with van der Waals surface area (Å²) in [6, 6.07) is 5.97. The van der Waals surface area contributed by atoms with Crippen LogP contribution in [0.3, 0.4) is 0 Å². The van der Waals surface area contributed by atoms with Crippen LogP contribution in [0.15, 0.2) is 27.8 Å². The van der Waals surface area contributed by atoms with E-state index in [-0.39, 0.29) is 11.7 Å². The first kappa shape index (κ1) is 19.5. The van der Waals surface area contributed by atoms with Gasteiger partial charge in [0.25, 0.3) is 5.22 Å². The highest BCUT2D eigenvalue weighted by Crippen LogP contribution is 2.28. The third-order valence-corrected chi connectivity index (χ3v) is 5.37. The maximum absolute atomic E-state index is 12.1. The van der Waals surface area contributed by atoms with Crippen molar-refractivity contribution in [1.82, 2.24) is 15.5 Å². The van der Waals surface area contributed by atoms with Crippen LogP contribution in [0.5, 0.6) is 11.5 Å². The van der Waals surface area contributed by atoms with Crippen molar-refractivity contribution in [2.45, 2.75) is 49.8 Å². The summed E-state index contributed by atoms with van der Waals surface area (Å²) in [6.45, 7) is 0. The van der Waals surface area contributed by atoms with Crippen molar-refractivity contribution in [2.24, 2.45) is 0 Å². The quantitative estimate of drug-likeness (QED) is 0.691. The molecule has 1 saturated carbocycles. The molecule has 1 fully saturated rings. The van der Waals surface area contributed by atoms with Gasteiger partial charge in [-0.1, -0.05) is 37.1 Å². The molecule has 3 rings (SSSR count). The number of nitrogens with zero attached hydrogens (tertiary/aromatic N) is 2. The molecule has 146 valence electrons. The van der Waals surface area contributed by atoms with E-state index in [2.05, 4.69) is 15.5 Å². The lowest BCUT2D eigenvalue weighted by molar-refractivity contribution is -0.119. The van der Waals surface area contributed by atoms with Gasteiger partial charge in [0.05, 0.1) is 26.4 Å². The Balaban J connectivity index is 1.50. The molecule has 0 unspecified atom stereocenters. The van der Waals surface area contributed by atoms with Gasteiger partial charge in [0.2, 0.25) is 11.8 Å². The van der Waals surface area contributed by atoms with Gasteiger partial charge < -0.3 is 19.2 Å².